The predicted molar refractivity (Wildman–Crippen MR) is 83.2 cm³/mol. The summed E-state index contributed by atoms with van der Waals surface area (Å²) >= 11 is 0. The van der Waals surface area contributed by atoms with Gasteiger partial charge in [-0.25, -0.2) is 0 Å². The number of amides is 2. The lowest BCUT2D eigenvalue weighted by molar-refractivity contribution is -0.130. The molecule has 1 aliphatic rings. The maximum absolute atomic E-state index is 11.5. The summed E-state index contributed by atoms with van der Waals surface area (Å²) in [4.78, 5) is 25.7. The summed E-state index contributed by atoms with van der Waals surface area (Å²) in [5, 5.41) is 0. The van der Waals surface area contributed by atoms with Crippen molar-refractivity contribution in [1.82, 2.24) is 9.80 Å². The third kappa shape index (κ3) is 10.2. The zero-order chi connectivity index (χ0) is 16.8. The second kappa shape index (κ2) is 13.2. The van der Waals surface area contributed by atoms with E-state index in [1.165, 1.54) is 6.92 Å². The Balaban J connectivity index is 2.33. The summed E-state index contributed by atoms with van der Waals surface area (Å²) in [6.45, 7) is 7.38. The Morgan fingerprint density at radius 2 is 1.13 bits per heavy atom. The summed E-state index contributed by atoms with van der Waals surface area (Å²) in [6.07, 6.45) is 0.800. The molecule has 0 saturated carbocycles. The van der Waals surface area contributed by atoms with Crippen molar-refractivity contribution in [2.45, 2.75) is 6.92 Å². The van der Waals surface area contributed by atoms with Gasteiger partial charge in [0, 0.05) is 33.1 Å². The fourth-order valence-electron chi connectivity index (χ4n) is 2.00. The van der Waals surface area contributed by atoms with Crippen LogP contribution >= 0.6 is 0 Å². The van der Waals surface area contributed by atoms with Crippen LogP contribution < -0.4 is 0 Å². The van der Waals surface area contributed by atoms with Gasteiger partial charge in [0.25, 0.3) is 0 Å². The first-order valence-corrected chi connectivity index (χ1v) is 8.00. The van der Waals surface area contributed by atoms with Crippen LogP contribution in [0.2, 0.25) is 0 Å². The predicted octanol–water partition coefficient (Wildman–Crippen LogP) is -0.627. The fourth-order valence-corrected chi connectivity index (χ4v) is 2.00. The summed E-state index contributed by atoms with van der Waals surface area (Å²) in [7, 11) is 0. The zero-order valence-corrected chi connectivity index (χ0v) is 13.9. The van der Waals surface area contributed by atoms with Gasteiger partial charge in [-0.05, 0) is 0 Å². The number of ether oxygens (including phenoxy) is 4. The van der Waals surface area contributed by atoms with Crippen molar-refractivity contribution >= 4 is 12.3 Å². The molecule has 0 bridgehead atoms. The van der Waals surface area contributed by atoms with Crippen LogP contribution in [0.3, 0.4) is 0 Å². The highest BCUT2D eigenvalue weighted by Gasteiger charge is 2.08. The molecule has 0 aromatic heterocycles. The van der Waals surface area contributed by atoms with E-state index in [9.17, 15) is 9.59 Å². The third-order valence-corrected chi connectivity index (χ3v) is 3.40. The fraction of sp³-hybridized carbons (Fsp3) is 0.867. The molecule has 1 rings (SSSR count). The number of rotatable bonds is 1. The molecule has 0 atom stereocenters. The first-order chi connectivity index (χ1) is 11.2. The van der Waals surface area contributed by atoms with Gasteiger partial charge in [0.1, 0.15) is 0 Å². The molecule has 134 valence electrons. The van der Waals surface area contributed by atoms with Gasteiger partial charge in [0.05, 0.1) is 52.9 Å². The summed E-state index contributed by atoms with van der Waals surface area (Å²) in [6, 6.07) is 0. The number of hydrogen-bond donors (Lipinski definition) is 0. The number of carbonyl (C=O) groups excluding carboxylic acids is 2. The first-order valence-electron chi connectivity index (χ1n) is 8.00. The molecule has 2 amide bonds. The van der Waals surface area contributed by atoms with Crippen molar-refractivity contribution in [1.29, 1.82) is 0 Å². The van der Waals surface area contributed by atoms with E-state index in [4.69, 9.17) is 18.9 Å². The lowest BCUT2D eigenvalue weighted by atomic mass is 10.4. The van der Waals surface area contributed by atoms with Gasteiger partial charge in [-0.15, -0.1) is 0 Å². The van der Waals surface area contributed by atoms with Gasteiger partial charge < -0.3 is 28.7 Å². The number of nitrogens with zero attached hydrogens (tertiary/aromatic N) is 2. The van der Waals surface area contributed by atoms with Gasteiger partial charge in [-0.1, -0.05) is 0 Å². The molecule has 0 radical (unpaired) electrons. The minimum absolute atomic E-state index is 0.00746. The van der Waals surface area contributed by atoms with Crippen LogP contribution in [0.25, 0.3) is 0 Å². The molecule has 0 unspecified atom stereocenters. The van der Waals surface area contributed by atoms with Gasteiger partial charge in [0.15, 0.2) is 0 Å². The van der Waals surface area contributed by atoms with Gasteiger partial charge in [-0.2, -0.15) is 0 Å². The van der Waals surface area contributed by atoms with E-state index >= 15 is 0 Å². The Hall–Kier alpha value is -1.22. The van der Waals surface area contributed by atoms with Crippen LogP contribution in [0.15, 0.2) is 0 Å². The molecule has 1 aliphatic heterocycles. The second-order valence-electron chi connectivity index (χ2n) is 5.10. The molecule has 1 fully saturated rings. The number of hydrogen-bond acceptors (Lipinski definition) is 6. The zero-order valence-electron chi connectivity index (χ0n) is 13.9. The lowest BCUT2D eigenvalue weighted by Gasteiger charge is -2.21. The third-order valence-electron chi connectivity index (χ3n) is 3.40. The Labute approximate surface area is 137 Å². The Bertz CT molecular complexity index is 309. The van der Waals surface area contributed by atoms with Crippen molar-refractivity contribution in [3.8, 4) is 0 Å². The van der Waals surface area contributed by atoms with Crippen LogP contribution in [-0.2, 0) is 28.5 Å². The molecule has 0 aliphatic carbocycles. The molecule has 0 N–H and O–H groups in total. The largest absolute Gasteiger partial charge is 0.377 e. The summed E-state index contributed by atoms with van der Waals surface area (Å²) in [5.41, 5.74) is 0. The minimum atomic E-state index is 0.00746. The highest BCUT2D eigenvalue weighted by molar-refractivity contribution is 5.73. The molecular formula is C15H28N2O6. The smallest absolute Gasteiger partial charge is 0.219 e. The molecule has 1 heterocycles. The molecule has 8 heteroatoms. The van der Waals surface area contributed by atoms with Crippen LogP contribution in [0.1, 0.15) is 6.92 Å². The summed E-state index contributed by atoms with van der Waals surface area (Å²) in [5.74, 6) is 0.00746. The van der Waals surface area contributed by atoms with Crippen LogP contribution in [0, 0.1) is 0 Å². The molecule has 0 aromatic rings. The van der Waals surface area contributed by atoms with Crippen molar-refractivity contribution in [2.75, 3.05) is 79.0 Å². The van der Waals surface area contributed by atoms with E-state index in [-0.39, 0.29) is 5.91 Å². The molecule has 0 spiro atoms. The maximum atomic E-state index is 11.5. The van der Waals surface area contributed by atoms with Crippen LogP contribution in [0.5, 0.6) is 0 Å². The van der Waals surface area contributed by atoms with Crippen LogP contribution in [0.4, 0.5) is 0 Å². The molecule has 8 nitrogen and oxygen atoms in total. The normalized spacial score (nSPS) is 21.3. The quantitative estimate of drug-likeness (QED) is 0.595. The van der Waals surface area contributed by atoms with E-state index in [0.29, 0.717) is 79.0 Å². The summed E-state index contributed by atoms with van der Waals surface area (Å²) < 4.78 is 21.7. The number of carbonyl (C=O) groups is 2. The Morgan fingerprint density at radius 1 is 0.739 bits per heavy atom. The van der Waals surface area contributed by atoms with Gasteiger partial charge in [0.2, 0.25) is 12.3 Å². The maximum Gasteiger partial charge on any atom is 0.219 e. The average Bonchev–Trinajstić information content (AvgIpc) is 2.54. The molecule has 1 saturated heterocycles. The first kappa shape index (κ1) is 19.8. The Kier molecular flexibility index (Phi) is 11.4. The lowest BCUT2D eigenvalue weighted by Crippen LogP contribution is -2.35. The highest BCUT2D eigenvalue weighted by atomic mass is 16.5. The second-order valence-corrected chi connectivity index (χ2v) is 5.10. The Morgan fingerprint density at radius 3 is 1.48 bits per heavy atom. The monoisotopic (exact) mass is 332 g/mol. The standard InChI is InChI=1S/C15H28N2O6/c1-15(19)17-4-8-22-12-10-20-6-2-16(14-18)3-7-21-11-13-23-9-5-17/h14H,2-13H2,1H3. The minimum Gasteiger partial charge on any atom is -0.377 e. The van der Waals surface area contributed by atoms with Crippen molar-refractivity contribution in [3.63, 3.8) is 0 Å². The topological polar surface area (TPSA) is 77.5 Å². The van der Waals surface area contributed by atoms with E-state index in [1.54, 1.807) is 9.80 Å². The van der Waals surface area contributed by atoms with E-state index in [0.717, 1.165) is 6.41 Å². The highest BCUT2D eigenvalue weighted by Crippen LogP contribution is 1.93. The van der Waals surface area contributed by atoms with Gasteiger partial charge in [-0.3, -0.25) is 9.59 Å². The molecule has 23 heavy (non-hydrogen) atoms. The average molecular weight is 332 g/mol. The van der Waals surface area contributed by atoms with E-state index in [2.05, 4.69) is 0 Å². The van der Waals surface area contributed by atoms with Gasteiger partial charge >= 0.3 is 0 Å². The molecular weight excluding hydrogens is 304 g/mol. The van der Waals surface area contributed by atoms with Crippen molar-refractivity contribution < 1.29 is 28.5 Å². The van der Waals surface area contributed by atoms with E-state index in [1.807, 2.05) is 0 Å². The molecule has 0 aromatic carbocycles. The van der Waals surface area contributed by atoms with E-state index < -0.39 is 0 Å². The SMILES string of the molecule is CC(=O)N1CCOCCOCCN(C=O)CCOCCOCC1. The van der Waals surface area contributed by atoms with Crippen molar-refractivity contribution in [3.05, 3.63) is 0 Å². The van der Waals surface area contributed by atoms with Crippen molar-refractivity contribution in [2.24, 2.45) is 0 Å². The van der Waals surface area contributed by atoms with Crippen LogP contribution in [-0.4, -0.2) is 101 Å².